The Balaban J connectivity index is 2.74. The predicted molar refractivity (Wildman–Crippen MR) is 67.2 cm³/mol. The Morgan fingerprint density at radius 3 is 2.80 bits per heavy atom. The molecule has 0 radical (unpaired) electrons. The molecule has 0 amide bonds. The summed E-state index contributed by atoms with van der Waals surface area (Å²) >= 11 is 3.55. The fourth-order valence-electron chi connectivity index (χ4n) is 1.60. The van der Waals surface area contributed by atoms with Gasteiger partial charge in [0.15, 0.2) is 0 Å². The van der Waals surface area contributed by atoms with Crippen molar-refractivity contribution in [3.05, 3.63) is 28.2 Å². The number of nitrogens with two attached hydrogens (primary N) is 1. The molecular formula is C12H18BrNO. The van der Waals surface area contributed by atoms with Crippen LogP contribution < -0.4 is 10.5 Å². The SMILES string of the molecule is COc1ccc(Br)c(CC(C)CCN)c1. The Labute approximate surface area is 99.9 Å². The summed E-state index contributed by atoms with van der Waals surface area (Å²) in [5.74, 6) is 1.52. The lowest BCUT2D eigenvalue weighted by Crippen LogP contribution is -2.08. The first-order valence-electron chi connectivity index (χ1n) is 5.20. The summed E-state index contributed by atoms with van der Waals surface area (Å²) in [6.45, 7) is 2.97. The third-order valence-corrected chi connectivity index (χ3v) is 3.25. The molecule has 1 atom stereocenters. The van der Waals surface area contributed by atoms with Gasteiger partial charge in [0, 0.05) is 4.47 Å². The molecular weight excluding hydrogens is 254 g/mol. The molecule has 0 saturated heterocycles. The first-order chi connectivity index (χ1) is 7.17. The van der Waals surface area contributed by atoms with E-state index in [2.05, 4.69) is 28.9 Å². The number of ether oxygens (including phenoxy) is 1. The van der Waals surface area contributed by atoms with Crippen LogP contribution in [0.4, 0.5) is 0 Å². The first kappa shape index (κ1) is 12.5. The highest BCUT2D eigenvalue weighted by Gasteiger charge is 2.07. The van der Waals surface area contributed by atoms with Crippen LogP contribution in [0.25, 0.3) is 0 Å². The fourth-order valence-corrected chi connectivity index (χ4v) is 2.00. The molecule has 2 N–H and O–H groups in total. The lowest BCUT2D eigenvalue weighted by Gasteiger charge is -2.12. The summed E-state index contributed by atoms with van der Waals surface area (Å²) < 4.78 is 6.35. The van der Waals surface area contributed by atoms with Crippen molar-refractivity contribution < 1.29 is 4.74 Å². The van der Waals surface area contributed by atoms with Crippen LogP contribution in [-0.4, -0.2) is 13.7 Å². The van der Waals surface area contributed by atoms with E-state index in [1.807, 2.05) is 12.1 Å². The van der Waals surface area contributed by atoms with Gasteiger partial charge in [-0.3, -0.25) is 0 Å². The average molecular weight is 272 g/mol. The summed E-state index contributed by atoms with van der Waals surface area (Å²) in [6, 6.07) is 6.07. The molecule has 15 heavy (non-hydrogen) atoms. The third kappa shape index (κ3) is 3.84. The van der Waals surface area contributed by atoms with Gasteiger partial charge >= 0.3 is 0 Å². The second-order valence-electron chi connectivity index (χ2n) is 3.84. The van der Waals surface area contributed by atoms with Crippen LogP contribution in [0, 0.1) is 5.92 Å². The number of hydrogen-bond acceptors (Lipinski definition) is 2. The molecule has 84 valence electrons. The molecule has 0 fully saturated rings. The Morgan fingerprint density at radius 2 is 2.20 bits per heavy atom. The largest absolute Gasteiger partial charge is 0.497 e. The summed E-state index contributed by atoms with van der Waals surface area (Å²) in [7, 11) is 1.69. The van der Waals surface area contributed by atoms with Crippen molar-refractivity contribution in [3.8, 4) is 5.75 Å². The molecule has 0 aliphatic rings. The minimum Gasteiger partial charge on any atom is -0.497 e. The molecule has 3 heteroatoms. The highest BCUT2D eigenvalue weighted by Crippen LogP contribution is 2.25. The maximum atomic E-state index is 5.54. The molecule has 1 aromatic carbocycles. The van der Waals surface area contributed by atoms with E-state index in [0.29, 0.717) is 5.92 Å². The number of rotatable bonds is 5. The van der Waals surface area contributed by atoms with Gasteiger partial charge in [-0.15, -0.1) is 0 Å². The Hall–Kier alpha value is -0.540. The summed E-state index contributed by atoms with van der Waals surface area (Å²) in [4.78, 5) is 0. The van der Waals surface area contributed by atoms with Gasteiger partial charge in [0.2, 0.25) is 0 Å². The lowest BCUT2D eigenvalue weighted by atomic mass is 9.98. The molecule has 0 aromatic heterocycles. The molecule has 0 heterocycles. The molecule has 0 aliphatic carbocycles. The van der Waals surface area contributed by atoms with E-state index in [0.717, 1.165) is 29.6 Å². The molecule has 1 rings (SSSR count). The summed E-state index contributed by atoms with van der Waals surface area (Å²) in [5.41, 5.74) is 6.83. The maximum Gasteiger partial charge on any atom is 0.119 e. The molecule has 1 aromatic rings. The van der Waals surface area contributed by atoms with Crippen molar-refractivity contribution >= 4 is 15.9 Å². The predicted octanol–water partition coefficient (Wildman–Crippen LogP) is 2.99. The van der Waals surface area contributed by atoms with E-state index in [-0.39, 0.29) is 0 Å². The van der Waals surface area contributed by atoms with Crippen LogP contribution in [0.15, 0.2) is 22.7 Å². The van der Waals surface area contributed by atoms with E-state index >= 15 is 0 Å². The van der Waals surface area contributed by atoms with Crippen LogP contribution in [-0.2, 0) is 6.42 Å². The van der Waals surface area contributed by atoms with Gasteiger partial charge in [-0.1, -0.05) is 22.9 Å². The zero-order valence-corrected chi connectivity index (χ0v) is 10.9. The molecule has 0 bridgehead atoms. The summed E-state index contributed by atoms with van der Waals surface area (Å²) in [5, 5.41) is 0. The average Bonchev–Trinajstić information content (AvgIpc) is 2.21. The quantitative estimate of drug-likeness (QED) is 0.894. The fraction of sp³-hybridized carbons (Fsp3) is 0.500. The number of hydrogen-bond donors (Lipinski definition) is 1. The van der Waals surface area contributed by atoms with Gasteiger partial charge in [-0.25, -0.2) is 0 Å². The van der Waals surface area contributed by atoms with Crippen molar-refractivity contribution in [2.24, 2.45) is 11.7 Å². The van der Waals surface area contributed by atoms with E-state index in [1.54, 1.807) is 7.11 Å². The second kappa shape index (κ2) is 6.13. The van der Waals surface area contributed by atoms with Crippen molar-refractivity contribution in [2.75, 3.05) is 13.7 Å². The van der Waals surface area contributed by atoms with Gasteiger partial charge in [-0.05, 0) is 49.1 Å². The van der Waals surface area contributed by atoms with Crippen molar-refractivity contribution in [3.63, 3.8) is 0 Å². The minimum absolute atomic E-state index is 0.610. The Bertz CT molecular complexity index is 314. The first-order valence-corrected chi connectivity index (χ1v) is 5.99. The highest BCUT2D eigenvalue weighted by atomic mass is 79.9. The number of methoxy groups -OCH3 is 1. The second-order valence-corrected chi connectivity index (χ2v) is 4.70. The van der Waals surface area contributed by atoms with Crippen LogP contribution in [0.1, 0.15) is 18.9 Å². The zero-order chi connectivity index (χ0) is 11.3. The maximum absolute atomic E-state index is 5.54. The van der Waals surface area contributed by atoms with Crippen LogP contribution in [0.5, 0.6) is 5.75 Å². The number of benzene rings is 1. The smallest absolute Gasteiger partial charge is 0.119 e. The van der Waals surface area contributed by atoms with Gasteiger partial charge in [0.25, 0.3) is 0 Å². The topological polar surface area (TPSA) is 35.2 Å². The molecule has 0 aliphatic heterocycles. The van der Waals surface area contributed by atoms with Crippen molar-refractivity contribution in [1.29, 1.82) is 0 Å². The van der Waals surface area contributed by atoms with E-state index in [9.17, 15) is 0 Å². The number of halogens is 1. The minimum atomic E-state index is 0.610. The summed E-state index contributed by atoms with van der Waals surface area (Å²) in [6.07, 6.45) is 2.10. The van der Waals surface area contributed by atoms with Crippen LogP contribution in [0.3, 0.4) is 0 Å². The third-order valence-electron chi connectivity index (χ3n) is 2.48. The van der Waals surface area contributed by atoms with Crippen LogP contribution >= 0.6 is 15.9 Å². The van der Waals surface area contributed by atoms with Crippen LogP contribution in [0.2, 0.25) is 0 Å². The molecule has 0 spiro atoms. The molecule has 2 nitrogen and oxygen atoms in total. The lowest BCUT2D eigenvalue weighted by molar-refractivity contribution is 0.413. The molecule has 0 saturated carbocycles. The van der Waals surface area contributed by atoms with Gasteiger partial charge < -0.3 is 10.5 Å². The van der Waals surface area contributed by atoms with E-state index < -0.39 is 0 Å². The van der Waals surface area contributed by atoms with E-state index in [1.165, 1.54) is 5.56 Å². The van der Waals surface area contributed by atoms with E-state index in [4.69, 9.17) is 10.5 Å². The molecule has 1 unspecified atom stereocenters. The van der Waals surface area contributed by atoms with Gasteiger partial charge in [0.1, 0.15) is 5.75 Å². The Kier molecular flexibility index (Phi) is 5.12. The van der Waals surface area contributed by atoms with Gasteiger partial charge in [0.05, 0.1) is 7.11 Å². The van der Waals surface area contributed by atoms with Gasteiger partial charge in [-0.2, -0.15) is 0 Å². The van der Waals surface area contributed by atoms with Crippen molar-refractivity contribution in [1.82, 2.24) is 0 Å². The standard InChI is InChI=1S/C12H18BrNO/c1-9(5-6-14)7-10-8-11(15-2)3-4-12(10)13/h3-4,8-9H,5-7,14H2,1-2H3. The normalized spacial score (nSPS) is 12.5. The zero-order valence-electron chi connectivity index (χ0n) is 9.29. The van der Waals surface area contributed by atoms with Crippen molar-refractivity contribution in [2.45, 2.75) is 19.8 Å². The Morgan fingerprint density at radius 1 is 1.47 bits per heavy atom. The monoisotopic (exact) mass is 271 g/mol. The highest BCUT2D eigenvalue weighted by molar-refractivity contribution is 9.10.